The smallest absolute Gasteiger partial charge is 0.335 e. The van der Waals surface area contributed by atoms with Gasteiger partial charge in [-0.25, -0.2) is 13.2 Å². The van der Waals surface area contributed by atoms with Gasteiger partial charge in [-0.05, 0) is 48.7 Å². The highest BCUT2D eigenvalue weighted by atomic mass is 32.2. The Bertz CT molecular complexity index is 970. The van der Waals surface area contributed by atoms with Gasteiger partial charge < -0.3 is 5.11 Å². The van der Waals surface area contributed by atoms with Gasteiger partial charge in [0.1, 0.15) is 0 Å². The van der Waals surface area contributed by atoms with Crippen LogP contribution >= 0.6 is 0 Å². The van der Waals surface area contributed by atoms with Gasteiger partial charge in [-0.15, -0.1) is 0 Å². The molecule has 0 bridgehead atoms. The van der Waals surface area contributed by atoms with Crippen LogP contribution < -0.4 is 0 Å². The predicted octanol–water partition coefficient (Wildman–Crippen LogP) is 4.06. The minimum Gasteiger partial charge on any atom is -0.478 e. The maximum Gasteiger partial charge on any atom is 0.335 e. The summed E-state index contributed by atoms with van der Waals surface area (Å²) in [6, 6.07) is 12.2. The lowest BCUT2D eigenvalue weighted by molar-refractivity contribution is 0.0697. The Hall–Kier alpha value is -2.73. The van der Waals surface area contributed by atoms with E-state index in [2.05, 4.69) is 6.92 Å². The van der Waals surface area contributed by atoms with E-state index in [1.165, 1.54) is 30.3 Å². The molecule has 0 aliphatic rings. The summed E-state index contributed by atoms with van der Waals surface area (Å²) in [6.45, 7) is 3.79. The number of hydrogen-bond donors (Lipinski definition) is 1. The van der Waals surface area contributed by atoms with Gasteiger partial charge in [0.2, 0.25) is 0 Å². The molecule has 0 aromatic heterocycles. The topological polar surface area (TPSA) is 88.5 Å². The van der Waals surface area contributed by atoms with Crippen LogP contribution in [0.4, 0.5) is 0 Å². The average molecular weight is 385 g/mol. The number of sulfone groups is 1. The number of ketones is 1. The molecule has 0 aliphatic carbocycles. The number of unbranched alkanes of at least 4 members (excludes halogenated alkanes) is 1. The highest BCUT2D eigenvalue weighted by molar-refractivity contribution is 7.90. The molecule has 2 aromatic carbocycles. The van der Waals surface area contributed by atoms with E-state index >= 15 is 0 Å². The standard InChI is InChI=1S/C21H21O5S/c1-3-4-6-16(13-15-9-11-19(12-10-15)27(2,25)26)20(22)17-7-5-8-18(14-17)21(23)24/h5,7-14H,1,3-4,6H2,2H3,(H,23,24). The lowest BCUT2D eigenvalue weighted by Crippen LogP contribution is -2.06. The molecule has 0 atom stereocenters. The van der Waals surface area contributed by atoms with Crippen molar-refractivity contribution >= 4 is 27.7 Å². The van der Waals surface area contributed by atoms with Crippen molar-refractivity contribution in [3.8, 4) is 0 Å². The molecule has 5 nitrogen and oxygen atoms in total. The summed E-state index contributed by atoms with van der Waals surface area (Å²) in [5.74, 6) is -1.34. The highest BCUT2D eigenvalue weighted by Crippen LogP contribution is 2.20. The zero-order valence-corrected chi connectivity index (χ0v) is 15.8. The fraction of sp³-hybridized carbons (Fsp3) is 0.190. The first-order chi connectivity index (χ1) is 12.7. The van der Waals surface area contributed by atoms with Gasteiger partial charge >= 0.3 is 5.97 Å². The lowest BCUT2D eigenvalue weighted by Gasteiger charge is -2.08. The van der Waals surface area contributed by atoms with E-state index in [4.69, 9.17) is 5.11 Å². The summed E-state index contributed by atoms with van der Waals surface area (Å²) in [7, 11) is -3.29. The van der Waals surface area contributed by atoms with Gasteiger partial charge in [0.25, 0.3) is 0 Å². The molecule has 6 heteroatoms. The second-order valence-electron chi connectivity index (χ2n) is 6.18. The summed E-state index contributed by atoms with van der Waals surface area (Å²) in [5, 5.41) is 9.11. The Balaban J connectivity index is 2.39. The van der Waals surface area contributed by atoms with Crippen LogP contribution in [0.5, 0.6) is 0 Å². The quantitative estimate of drug-likeness (QED) is 0.547. The van der Waals surface area contributed by atoms with E-state index in [0.717, 1.165) is 6.26 Å². The number of hydrogen-bond acceptors (Lipinski definition) is 4. The van der Waals surface area contributed by atoms with Gasteiger partial charge in [-0.1, -0.05) is 37.6 Å². The second-order valence-corrected chi connectivity index (χ2v) is 8.20. The van der Waals surface area contributed by atoms with E-state index < -0.39 is 15.8 Å². The number of allylic oxidation sites excluding steroid dienone is 1. The summed E-state index contributed by atoms with van der Waals surface area (Å²) < 4.78 is 23.1. The molecule has 0 unspecified atom stereocenters. The van der Waals surface area contributed by atoms with Crippen LogP contribution in [0, 0.1) is 6.92 Å². The fourth-order valence-electron chi connectivity index (χ4n) is 2.56. The third kappa shape index (κ3) is 5.62. The fourth-order valence-corrected chi connectivity index (χ4v) is 3.19. The first-order valence-corrected chi connectivity index (χ1v) is 10.3. The zero-order chi connectivity index (χ0) is 20.0. The normalized spacial score (nSPS) is 12.0. The Morgan fingerprint density at radius 2 is 1.70 bits per heavy atom. The molecule has 0 spiro atoms. The Labute approximate surface area is 159 Å². The largest absolute Gasteiger partial charge is 0.478 e. The lowest BCUT2D eigenvalue weighted by atomic mass is 9.95. The van der Waals surface area contributed by atoms with Crippen molar-refractivity contribution < 1.29 is 23.1 Å². The predicted molar refractivity (Wildman–Crippen MR) is 104 cm³/mol. The van der Waals surface area contributed by atoms with E-state index in [1.807, 2.05) is 0 Å². The van der Waals surface area contributed by atoms with Crippen LogP contribution in [-0.2, 0) is 9.84 Å². The maximum atomic E-state index is 12.9. The van der Waals surface area contributed by atoms with Crippen LogP contribution in [0.25, 0.3) is 6.08 Å². The van der Waals surface area contributed by atoms with Gasteiger partial charge in [0.15, 0.2) is 15.6 Å². The molecule has 1 N–H and O–H groups in total. The molecule has 0 aliphatic heterocycles. The summed E-state index contributed by atoms with van der Waals surface area (Å²) in [6.07, 6.45) is 4.70. The molecule has 2 rings (SSSR count). The molecular formula is C21H21O5S. The third-order valence-electron chi connectivity index (χ3n) is 4.01. The van der Waals surface area contributed by atoms with E-state index in [9.17, 15) is 18.0 Å². The molecule has 1 radical (unpaired) electrons. The number of rotatable bonds is 8. The van der Waals surface area contributed by atoms with Crippen molar-refractivity contribution in [3.05, 3.63) is 77.7 Å². The Morgan fingerprint density at radius 1 is 1.07 bits per heavy atom. The molecule has 2 aromatic rings. The molecule has 0 fully saturated rings. The van der Waals surface area contributed by atoms with Crippen molar-refractivity contribution in [3.63, 3.8) is 0 Å². The van der Waals surface area contributed by atoms with Gasteiger partial charge in [0, 0.05) is 17.4 Å². The molecule has 141 valence electrons. The average Bonchev–Trinajstić information content (AvgIpc) is 2.64. The molecule has 0 saturated heterocycles. The van der Waals surface area contributed by atoms with Crippen LogP contribution in [0.3, 0.4) is 0 Å². The first kappa shape index (κ1) is 20.6. The van der Waals surface area contributed by atoms with Gasteiger partial charge in [0.05, 0.1) is 10.5 Å². The van der Waals surface area contributed by atoms with Crippen LogP contribution in [-0.4, -0.2) is 31.5 Å². The highest BCUT2D eigenvalue weighted by Gasteiger charge is 2.14. The van der Waals surface area contributed by atoms with Crippen molar-refractivity contribution in [1.82, 2.24) is 0 Å². The van der Waals surface area contributed by atoms with Gasteiger partial charge in [-0.3, -0.25) is 4.79 Å². The number of carbonyl (C=O) groups is 2. The monoisotopic (exact) mass is 385 g/mol. The first-order valence-electron chi connectivity index (χ1n) is 8.40. The molecular weight excluding hydrogens is 364 g/mol. The van der Waals surface area contributed by atoms with Crippen molar-refractivity contribution in [2.24, 2.45) is 0 Å². The van der Waals surface area contributed by atoms with Crippen molar-refractivity contribution in [2.45, 2.75) is 24.2 Å². The summed E-state index contributed by atoms with van der Waals surface area (Å²) in [5.41, 5.74) is 1.57. The summed E-state index contributed by atoms with van der Waals surface area (Å²) >= 11 is 0. The SMILES string of the molecule is [CH2]CCCC(=Cc1ccc(S(C)(=O)=O)cc1)C(=O)c1cccc(C(=O)O)c1. The van der Waals surface area contributed by atoms with Crippen molar-refractivity contribution in [2.75, 3.05) is 6.26 Å². The van der Waals surface area contributed by atoms with Crippen LogP contribution in [0.2, 0.25) is 0 Å². The van der Waals surface area contributed by atoms with Crippen LogP contribution in [0.15, 0.2) is 59.0 Å². The van der Waals surface area contributed by atoms with Crippen molar-refractivity contribution in [1.29, 1.82) is 0 Å². The minimum atomic E-state index is -3.29. The van der Waals surface area contributed by atoms with E-state index in [-0.39, 0.29) is 16.2 Å². The summed E-state index contributed by atoms with van der Waals surface area (Å²) in [4.78, 5) is 24.2. The minimum absolute atomic E-state index is 0.0508. The van der Waals surface area contributed by atoms with E-state index in [0.29, 0.717) is 36.0 Å². The molecule has 0 saturated carbocycles. The van der Waals surface area contributed by atoms with E-state index in [1.54, 1.807) is 24.3 Å². The number of aromatic carboxylic acids is 1. The third-order valence-corrected chi connectivity index (χ3v) is 5.14. The second kappa shape index (κ2) is 8.77. The zero-order valence-electron chi connectivity index (χ0n) is 15.0. The number of carboxylic acids is 1. The Kier molecular flexibility index (Phi) is 6.69. The number of benzene rings is 2. The number of Topliss-reactive ketones (excluding diaryl/α,β-unsaturated/α-hetero) is 1. The number of carboxylic acid groups (broad SMARTS) is 1. The Morgan fingerprint density at radius 3 is 2.26 bits per heavy atom. The molecule has 0 heterocycles. The molecule has 27 heavy (non-hydrogen) atoms. The number of carbonyl (C=O) groups excluding carboxylic acids is 1. The molecule has 0 amide bonds. The van der Waals surface area contributed by atoms with Crippen LogP contribution in [0.1, 0.15) is 45.5 Å². The maximum absolute atomic E-state index is 12.9. The van der Waals surface area contributed by atoms with Gasteiger partial charge in [-0.2, -0.15) is 0 Å².